The molecule has 0 saturated heterocycles. The second kappa shape index (κ2) is 8.16. The lowest BCUT2D eigenvalue weighted by molar-refractivity contribution is -0.385. The molecule has 0 aliphatic heterocycles. The molecule has 9 heteroatoms. The van der Waals surface area contributed by atoms with Crippen LogP contribution in [0.5, 0.6) is 0 Å². The van der Waals surface area contributed by atoms with Crippen molar-refractivity contribution in [1.82, 2.24) is 0 Å². The molecule has 0 aromatic heterocycles. The van der Waals surface area contributed by atoms with Gasteiger partial charge in [0.05, 0.1) is 23.5 Å². The van der Waals surface area contributed by atoms with Crippen LogP contribution in [0, 0.1) is 10.1 Å². The third kappa shape index (κ3) is 4.30. The van der Waals surface area contributed by atoms with E-state index in [1.807, 2.05) is 0 Å². The Hall–Kier alpha value is -2.64. The number of nitro benzene ring substituents is 1. The van der Waals surface area contributed by atoms with E-state index in [1.165, 1.54) is 43.5 Å². The largest absolute Gasteiger partial charge is 0.481 e. The Balaban J connectivity index is 2.52. The van der Waals surface area contributed by atoms with E-state index in [1.54, 1.807) is 0 Å². The van der Waals surface area contributed by atoms with Gasteiger partial charge in [-0.3, -0.25) is 14.9 Å². The SMILES string of the molecule is COC(=O)c1ccc(Cl)c([C@@H](Cc2cc(Cl)ccc2[N+](=O)[O-])C(=O)O)c1. The van der Waals surface area contributed by atoms with Gasteiger partial charge in [-0.1, -0.05) is 23.2 Å². The molecule has 7 nitrogen and oxygen atoms in total. The number of hydrogen-bond acceptors (Lipinski definition) is 5. The van der Waals surface area contributed by atoms with Crippen LogP contribution in [0.25, 0.3) is 0 Å². The molecule has 1 N–H and O–H groups in total. The summed E-state index contributed by atoms with van der Waals surface area (Å²) in [7, 11) is 1.20. The number of nitro groups is 1. The van der Waals surface area contributed by atoms with E-state index in [0.717, 1.165) is 0 Å². The molecule has 136 valence electrons. The summed E-state index contributed by atoms with van der Waals surface area (Å²) < 4.78 is 4.62. The number of esters is 1. The fourth-order valence-corrected chi connectivity index (χ4v) is 2.95. The first kappa shape index (κ1) is 19.7. The topological polar surface area (TPSA) is 107 Å². The molecule has 26 heavy (non-hydrogen) atoms. The summed E-state index contributed by atoms with van der Waals surface area (Å²) >= 11 is 12.0. The van der Waals surface area contributed by atoms with Gasteiger partial charge in [0.1, 0.15) is 0 Å². The Morgan fingerprint density at radius 3 is 2.50 bits per heavy atom. The number of aliphatic carboxylic acids is 1. The molecule has 0 radical (unpaired) electrons. The summed E-state index contributed by atoms with van der Waals surface area (Å²) in [5.41, 5.74) is 0.172. The maximum absolute atomic E-state index is 11.8. The number of carboxylic acid groups (broad SMARTS) is 1. The van der Waals surface area contributed by atoms with Gasteiger partial charge in [0, 0.05) is 21.7 Å². The van der Waals surface area contributed by atoms with Crippen molar-refractivity contribution in [2.24, 2.45) is 0 Å². The molecule has 0 aliphatic rings. The first-order valence-corrected chi connectivity index (χ1v) is 8.03. The van der Waals surface area contributed by atoms with Crippen molar-refractivity contribution in [3.8, 4) is 0 Å². The molecule has 0 unspecified atom stereocenters. The summed E-state index contributed by atoms with van der Waals surface area (Å²) in [6.45, 7) is 0. The van der Waals surface area contributed by atoms with Crippen molar-refractivity contribution in [1.29, 1.82) is 0 Å². The highest BCUT2D eigenvalue weighted by molar-refractivity contribution is 6.32. The second-order valence-corrected chi connectivity index (χ2v) is 6.20. The van der Waals surface area contributed by atoms with Crippen LogP contribution in [-0.4, -0.2) is 29.1 Å². The highest BCUT2D eigenvalue weighted by Gasteiger charge is 2.27. The fourth-order valence-electron chi connectivity index (χ4n) is 2.50. The van der Waals surface area contributed by atoms with Crippen LogP contribution in [0.15, 0.2) is 36.4 Å². The normalized spacial score (nSPS) is 11.7. The molecule has 0 spiro atoms. The van der Waals surface area contributed by atoms with Crippen molar-refractivity contribution < 1.29 is 24.4 Å². The van der Waals surface area contributed by atoms with Gasteiger partial charge in [-0.25, -0.2) is 4.79 Å². The van der Waals surface area contributed by atoms with E-state index in [0.29, 0.717) is 0 Å². The number of carbonyl (C=O) groups is 2. The molecule has 2 aromatic rings. The molecule has 0 heterocycles. The number of ether oxygens (including phenoxy) is 1. The zero-order chi connectivity index (χ0) is 19.4. The second-order valence-electron chi connectivity index (χ2n) is 5.35. The van der Waals surface area contributed by atoms with Gasteiger partial charge in [0.25, 0.3) is 5.69 Å². The fraction of sp³-hybridized carbons (Fsp3) is 0.176. The maximum atomic E-state index is 11.8. The predicted molar refractivity (Wildman–Crippen MR) is 95.0 cm³/mol. The van der Waals surface area contributed by atoms with E-state index < -0.39 is 22.8 Å². The number of rotatable bonds is 6. The van der Waals surface area contributed by atoms with Gasteiger partial charge >= 0.3 is 11.9 Å². The molecular formula is C17H13Cl2NO6. The van der Waals surface area contributed by atoms with E-state index in [-0.39, 0.29) is 38.8 Å². The van der Waals surface area contributed by atoms with Gasteiger partial charge in [0.15, 0.2) is 0 Å². The number of nitrogens with zero attached hydrogens (tertiary/aromatic N) is 1. The van der Waals surface area contributed by atoms with E-state index in [9.17, 15) is 24.8 Å². The zero-order valence-corrected chi connectivity index (χ0v) is 15.0. The predicted octanol–water partition coefficient (Wildman–Crippen LogP) is 4.10. The molecule has 1 atom stereocenters. The van der Waals surface area contributed by atoms with Crippen LogP contribution >= 0.6 is 23.2 Å². The molecule has 0 amide bonds. The van der Waals surface area contributed by atoms with Crippen LogP contribution in [0.1, 0.15) is 27.4 Å². The van der Waals surface area contributed by atoms with Gasteiger partial charge in [-0.15, -0.1) is 0 Å². The van der Waals surface area contributed by atoms with Gasteiger partial charge < -0.3 is 9.84 Å². The molecule has 0 saturated carbocycles. The summed E-state index contributed by atoms with van der Waals surface area (Å²) in [6.07, 6.45) is -0.226. The van der Waals surface area contributed by atoms with Gasteiger partial charge in [0.2, 0.25) is 0 Å². The molecule has 2 rings (SSSR count). The highest BCUT2D eigenvalue weighted by Crippen LogP contribution is 2.33. The standard InChI is InChI=1S/C17H13Cl2NO6/c1-26-17(23)9-2-4-14(19)12(7-9)13(16(21)22)8-10-6-11(18)3-5-15(10)20(24)25/h2-7,13H,8H2,1H3,(H,21,22)/t13-/m1/s1. The smallest absolute Gasteiger partial charge is 0.337 e. The average molecular weight is 398 g/mol. The zero-order valence-electron chi connectivity index (χ0n) is 13.4. The third-order valence-electron chi connectivity index (χ3n) is 3.75. The Labute approximate surface area is 158 Å². The van der Waals surface area contributed by atoms with E-state index in [4.69, 9.17) is 23.2 Å². The summed E-state index contributed by atoms with van der Waals surface area (Å²) in [6, 6.07) is 7.99. The van der Waals surface area contributed by atoms with Crippen molar-refractivity contribution in [2.75, 3.05) is 7.11 Å². The quantitative estimate of drug-likeness (QED) is 0.446. The van der Waals surface area contributed by atoms with Crippen molar-refractivity contribution >= 4 is 40.8 Å². The lowest BCUT2D eigenvalue weighted by atomic mass is 9.90. The lowest BCUT2D eigenvalue weighted by Gasteiger charge is -2.16. The minimum Gasteiger partial charge on any atom is -0.481 e. The molecule has 2 aromatic carbocycles. The summed E-state index contributed by atoms with van der Waals surface area (Å²) in [5.74, 6) is -3.12. The number of methoxy groups -OCH3 is 1. The number of carbonyl (C=O) groups excluding carboxylic acids is 1. The van der Waals surface area contributed by atoms with Crippen molar-refractivity contribution in [3.05, 3.63) is 73.2 Å². The monoisotopic (exact) mass is 397 g/mol. The average Bonchev–Trinajstić information content (AvgIpc) is 2.59. The van der Waals surface area contributed by atoms with Crippen molar-refractivity contribution in [2.45, 2.75) is 12.3 Å². The van der Waals surface area contributed by atoms with Crippen LogP contribution in [0.4, 0.5) is 5.69 Å². The molecule has 0 aliphatic carbocycles. The first-order chi connectivity index (χ1) is 12.2. The van der Waals surface area contributed by atoms with E-state index in [2.05, 4.69) is 4.74 Å². The number of hydrogen-bond donors (Lipinski definition) is 1. The Kier molecular flexibility index (Phi) is 6.18. The molecular weight excluding hydrogens is 385 g/mol. The third-order valence-corrected chi connectivity index (χ3v) is 4.33. The van der Waals surface area contributed by atoms with Crippen LogP contribution in [0.2, 0.25) is 10.0 Å². The summed E-state index contributed by atoms with van der Waals surface area (Å²) in [5, 5.41) is 21.2. The summed E-state index contributed by atoms with van der Waals surface area (Å²) in [4.78, 5) is 34.1. The minimum atomic E-state index is -1.25. The Bertz CT molecular complexity index is 884. The van der Waals surface area contributed by atoms with E-state index >= 15 is 0 Å². The highest BCUT2D eigenvalue weighted by atomic mass is 35.5. The van der Waals surface area contributed by atoms with Crippen LogP contribution < -0.4 is 0 Å². The first-order valence-electron chi connectivity index (χ1n) is 7.28. The van der Waals surface area contributed by atoms with Gasteiger partial charge in [-0.05, 0) is 42.3 Å². The minimum absolute atomic E-state index is 0.120. The van der Waals surface area contributed by atoms with Crippen LogP contribution in [-0.2, 0) is 16.0 Å². The van der Waals surface area contributed by atoms with Crippen LogP contribution in [0.3, 0.4) is 0 Å². The molecule has 0 fully saturated rings. The Morgan fingerprint density at radius 2 is 1.92 bits per heavy atom. The number of benzene rings is 2. The van der Waals surface area contributed by atoms with Gasteiger partial charge in [-0.2, -0.15) is 0 Å². The molecule has 0 bridgehead atoms. The Morgan fingerprint density at radius 1 is 1.23 bits per heavy atom. The maximum Gasteiger partial charge on any atom is 0.337 e. The number of halogens is 2. The van der Waals surface area contributed by atoms with Crippen molar-refractivity contribution in [3.63, 3.8) is 0 Å². The number of carboxylic acids is 1. The lowest BCUT2D eigenvalue weighted by Crippen LogP contribution is -2.16.